The molecule has 0 spiro atoms. The lowest BCUT2D eigenvalue weighted by molar-refractivity contribution is -0.132. The molecule has 2 rings (SSSR count). The highest BCUT2D eigenvalue weighted by Gasteiger charge is 2.14. The van der Waals surface area contributed by atoms with Crippen LogP contribution in [0.5, 0.6) is 11.5 Å². The van der Waals surface area contributed by atoms with E-state index in [2.05, 4.69) is 4.98 Å². The lowest BCUT2D eigenvalue weighted by Crippen LogP contribution is -2.12. The average Bonchev–Trinajstić information content (AvgIpc) is 2.45. The van der Waals surface area contributed by atoms with Gasteiger partial charge >= 0.3 is 5.97 Å². The molecule has 0 unspecified atom stereocenters. The van der Waals surface area contributed by atoms with Crippen LogP contribution in [0.15, 0.2) is 29.1 Å². The molecule has 22 heavy (non-hydrogen) atoms. The fourth-order valence-corrected chi connectivity index (χ4v) is 2.11. The van der Waals surface area contributed by atoms with Crippen LogP contribution >= 0.6 is 0 Å². The second kappa shape index (κ2) is 6.14. The molecular formula is C16H14N2O4. The molecule has 0 saturated carbocycles. The number of nitriles is 1. The van der Waals surface area contributed by atoms with Gasteiger partial charge in [-0.1, -0.05) is 6.07 Å². The number of hydrogen-bond donors (Lipinski definition) is 1. The smallest absolute Gasteiger partial charge is 0.308 e. The van der Waals surface area contributed by atoms with Crippen molar-refractivity contribution in [3.05, 3.63) is 45.9 Å². The fraction of sp³-hybridized carbons (Fsp3) is 0.188. The average molecular weight is 298 g/mol. The number of ether oxygens (including phenoxy) is 2. The monoisotopic (exact) mass is 298 g/mol. The summed E-state index contributed by atoms with van der Waals surface area (Å²) in [6.07, 6.45) is 0. The number of benzene rings is 1. The molecular weight excluding hydrogens is 284 g/mol. The second-order valence-electron chi connectivity index (χ2n) is 4.64. The van der Waals surface area contributed by atoms with Crippen LogP contribution in [0.25, 0.3) is 11.1 Å². The van der Waals surface area contributed by atoms with Gasteiger partial charge in [-0.2, -0.15) is 5.26 Å². The Hall–Kier alpha value is -3.07. The molecule has 1 N–H and O–H groups in total. The van der Waals surface area contributed by atoms with Crippen molar-refractivity contribution in [3.8, 4) is 28.7 Å². The number of H-pyrrole nitrogens is 1. The molecule has 0 aliphatic carbocycles. The molecule has 6 heteroatoms. The van der Waals surface area contributed by atoms with E-state index in [0.29, 0.717) is 22.6 Å². The highest BCUT2D eigenvalue weighted by atomic mass is 16.6. The summed E-state index contributed by atoms with van der Waals surface area (Å²) in [6.45, 7) is 3.01. The van der Waals surface area contributed by atoms with Crippen LogP contribution in [0.3, 0.4) is 0 Å². The van der Waals surface area contributed by atoms with Crippen LogP contribution in [0.2, 0.25) is 0 Å². The molecule has 0 amide bonds. The third-order valence-corrected chi connectivity index (χ3v) is 3.01. The quantitative estimate of drug-likeness (QED) is 0.692. The number of nitrogens with one attached hydrogen (secondary N) is 1. The largest absolute Gasteiger partial charge is 0.493 e. The minimum atomic E-state index is -0.488. The first-order valence-electron chi connectivity index (χ1n) is 6.47. The van der Waals surface area contributed by atoms with Crippen molar-refractivity contribution in [3.63, 3.8) is 0 Å². The Balaban J connectivity index is 2.66. The summed E-state index contributed by atoms with van der Waals surface area (Å²) in [5.41, 5.74) is 1.23. The van der Waals surface area contributed by atoms with Crippen molar-refractivity contribution in [2.45, 2.75) is 13.8 Å². The zero-order chi connectivity index (χ0) is 16.3. The summed E-state index contributed by atoms with van der Waals surface area (Å²) in [7, 11) is 1.46. The number of methoxy groups -OCH3 is 1. The number of rotatable bonds is 3. The van der Waals surface area contributed by atoms with E-state index < -0.39 is 11.5 Å². The predicted octanol–water partition coefficient (Wildman–Crippen LogP) is 2.16. The summed E-state index contributed by atoms with van der Waals surface area (Å²) in [5.74, 6) is 0.131. The van der Waals surface area contributed by atoms with Crippen LogP contribution in [0.4, 0.5) is 0 Å². The Labute approximate surface area is 126 Å². The van der Waals surface area contributed by atoms with Gasteiger partial charge in [0.05, 0.1) is 7.11 Å². The number of pyridine rings is 1. The van der Waals surface area contributed by atoms with E-state index in [0.717, 1.165) is 0 Å². The first kappa shape index (κ1) is 15.3. The normalized spacial score (nSPS) is 9.91. The number of carbonyl (C=O) groups is 1. The standard InChI is InChI=1S/C16H14N2O4/c1-9-6-12(13(8-17)16(20)18-9)11-4-5-14(21-3)15(7-11)22-10(2)19/h4-7H,1-3H3,(H,18,20). The zero-order valence-electron chi connectivity index (χ0n) is 12.4. The summed E-state index contributed by atoms with van der Waals surface area (Å²) < 4.78 is 10.2. The predicted molar refractivity (Wildman–Crippen MR) is 79.8 cm³/mol. The minimum absolute atomic E-state index is 0.00421. The zero-order valence-corrected chi connectivity index (χ0v) is 12.4. The first-order valence-corrected chi connectivity index (χ1v) is 6.47. The Kier molecular flexibility index (Phi) is 4.28. The summed E-state index contributed by atoms with van der Waals surface area (Å²) in [4.78, 5) is 25.6. The number of aryl methyl sites for hydroxylation is 1. The van der Waals surface area contributed by atoms with Crippen molar-refractivity contribution in [2.75, 3.05) is 7.11 Å². The van der Waals surface area contributed by atoms with Gasteiger partial charge in [0.2, 0.25) is 0 Å². The van der Waals surface area contributed by atoms with Gasteiger partial charge in [0, 0.05) is 18.2 Å². The highest BCUT2D eigenvalue weighted by molar-refractivity contribution is 5.75. The third-order valence-electron chi connectivity index (χ3n) is 3.01. The van der Waals surface area contributed by atoms with Gasteiger partial charge in [-0.05, 0) is 30.7 Å². The van der Waals surface area contributed by atoms with Crippen molar-refractivity contribution >= 4 is 5.97 Å². The molecule has 1 aromatic heterocycles. The van der Waals surface area contributed by atoms with Gasteiger partial charge < -0.3 is 14.5 Å². The number of esters is 1. The van der Waals surface area contributed by atoms with E-state index in [1.807, 2.05) is 6.07 Å². The highest BCUT2D eigenvalue weighted by Crippen LogP contribution is 2.33. The molecule has 6 nitrogen and oxygen atoms in total. The molecule has 0 aliphatic heterocycles. The van der Waals surface area contributed by atoms with E-state index >= 15 is 0 Å². The van der Waals surface area contributed by atoms with Gasteiger partial charge in [0.15, 0.2) is 11.5 Å². The van der Waals surface area contributed by atoms with Crippen molar-refractivity contribution in [2.24, 2.45) is 0 Å². The first-order chi connectivity index (χ1) is 10.5. The summed E-state index contributed by atoms with van der Waals surface area (Å²) in [5, 5.41) is 9.19. The van der Waals surface area contributed by atoms with Crippen molar-refractivity contribution < 1.29 is 14.3 Å². The van der Waals surface area contributed by atoms with Crippen LogP contribution < -0.4 is 15.0 Å². The molecule has 0 aliphatic rings. The van der Waals surface area contributed by atoms with Crippen molar-refractivity contribution in [1.82, 2.24) is 4.98 Å². The Morgan fingerprint density at radius 2 is 2.00 bits per heavy atom. The van der Waals surface area contributed by atoms with E-state index in [-0.39, 0.29) is 11.3 Å². The van der Waals surface area contributed by atoms with E-state index in [1.54, 1.807) is 31.2 Å². The van der Waals surface area contributed by atoms with Crippen LogP contribution in [0, 0.1) is 18.3 Å². The lowest BCUT2D eigenvalue weighted by atomic mass is 10.0. The number of carbonyl (C=O) groups excluding carboxylic acids is 1. The molecule has 2 aromatic rings. The Morgan fingerprint density at radius 1 is 1.27 bits per heavy atom. The summed E-state index contributed by atoms with van der Waals surface area (Å²) in [6, 6.07) is 8.47. The Bertz CT molecular complexity index is 831. The van der Waals surface area contributed by atoms with Gasteiger partial charge in [-0.15, -0.1) is 0 Å². The molecule has 0 saturated heterocycles. The van der Waals surface area contributed by atoms with Crippen LogP contribution in [-0.2, 0) is 4.79 Å². The number of aromatic nitrogens is 1. The van der Waals surface area contributed by atoms with Gasteiger partial charge in [0.25, 0.3) is 5.56 Å². The number of hydrogen-bond acceptors (Lipinski definition) is 5. The molecule has 1 heterocycles. The fourth-order valence-electron chi connectivity index (χ4n) is 2.11. The van der Waals surface area contributed by atoms with E-state index in [4.69, 9.17) is 9.47 Å². The molecule has 1 aromatic carbocycles. The summed E-state index contributed by atoms with van der Waals surface area (Å²) >= 11 is 0. The Morgan fingerprint density at radius 3 is 2.59 bits per heavy atom. The third kappa shape index (κ3) is 2.99. The topological polar surface area (TPSA) is 92.2 Å². The maximum Gasteiger partial charge on any atom is 0.308 e. The second-order valence-corrected chi connectivity index (χ2v) is 4.64. The number of nitrogens with zero attached hydrogens (tertiary/aromatic N) is 1. The molecule has 112 valence electrons. The van der Waals surface area contributed by atoms with Gasteiger partial charge in [0.1, 0.15) is 11.6 Å². The molecule has 0 atom stereocenters. The van der Waals surface area contributed by atoms with Crippen molar-refractivity contribution in [1.29, 1.82) is 5.26 Å². The molecule has 0 fully saturated rings. The maximum absolute atomic E-state index is 11.9. The number of aromatic amines is 1. The minimum Gasteiger partial charge on any atom is -0.493 e. The van der Waals surface area contributed by atoms with Crippen LogP contribution in [0.1, 0.15) is 18.2 Å². The molecule has 0 radical (unpaired) electrons. The van der Waals surface area contributed by atoms with E-state index in [1.165, 1.54) is 14.0 Å². The van der Waals surface area contributed by atoms with Crippen LogP contribution in [-0.4, -0.2) is 18.1 Å². The van der Waals surface area contributed by atoms with E-state index in [9.17, 15) is 14.9 Å². The lowest BCUT2D eigenvalue weighted by Gasteiger charge is -2.11. The SMILES string of the molecule is COc1ccc(-c2cc(C)[nH]c(=O)c2C#N)cc1OC(C)=O. The maximum atomic E-state index is 11.9. The van der Waals surface area contributed by atoms with Gasteiger partial charge in [-0.3, -0.25) is 9.59 Å². The van der Waals surface area contributed by atoms with Gasteiger partial charge in [-0.25, -0.2) is 0 Å². The molecule has 0 bridgehead atoms.